The van der Waals surface area contributed by atoms with Gasteiger partial charge in [0.1, 0.15) is 0 Å². The monoisotopic (exact) mass is 181 g/mol. The van der Waals surface area contributed by atoms with Gasteiger partial charge in [-0.15, -0.1) is 0 Å². The molecule has 0 spiro atoms. The van der Waals surface area contributed by atoms with Gasteiger partial charge in [0.05, 0.1) is 5.39 Å². The standard InChI is InChI=1S/C8H4ClNO2/c9-5-1-2-8-6(3-5)7(4-11)10-12-8/h1-4H. The first-order valence-electron chi connectivity index (χ1n) is 3.31. The van der Waals surface area contributed by atoms with E-state index in [1.807, 2.05) is 0 Å². The minimum atomic E-state index is 0.285. The number of carbonyl (C=O) groups is 1. The number of hydrogen-bond acceptors (Lipinski definition) is 3. The van der Waals surface area contributed by atoms with Crippen LogP contribution in [-0.4, -0.2) is 11.4 Å². The number of carbonyl (C=O) groups excluding carboxylic acids is 1. The number of benzene rings is 1. The Bertz CT molecular complexity index is 436. The molecule has 3 nitrogen and oxygen atoms in total. The number of halogens is 1. The van der Waals surface area contributed by atoms with E-state index < -0.39 is 0 Å². The van der Waals surface area contributed by atoms with Crippen LogP contribution in [0.1, 0.15) is 10.5 Å². The van der Waals surface area contributed by atoms with E-state index in [2.05, 4.69) is 5.16 Å². The fourth-order valence-corrected chi connectivity index (χ4v) is 1.19. The average Bonchev–Trinajstić information content (AvgIpc) is 2.46. The van der Waals surface area contributed by atoms with Crippen molar-refractivity contribution >= 4 is 28.9 Å². The van der Waals surface area contributed by atoms with Crippen LogP contribution in [0.5, 0.6) is 0 Å². The van der Waals surface area contributed by atoms with Crippen molar-refractivity contribution in [2.75, 3.05) is 0 Å². The molecule has 0 amide bonds. The third-order valence-corrected chi connectivity index (χ3v) is 1.81. The normalized spacial score (nSPS) is 10.4. The van der Waals surface area contributed by atoms with E-state index in [9.17, 15) is 4.79 Å². The van der Waals surface area contributed by atoms with Crippen LogP contribution in [0.3, 0.4) is 0 Å². The van der Waals surface area contributed by atoms with Gasteiger partial charge in [0, 0.05) is 5.02 Å². The molecule has 2 aromatic rings. The molecular weight excluding hydrogens is 178 g/mol. The quantitative estimate of drug-likeness (QED) is 0.634. The van der Waals surface area contributed by atoms with Gasteiger partial charge < -0.3 is 4.52 Å². The Morgan fingerprint density at radius 3 is 3.08 bits per heavy atom. The summed E-state index contributed by atoms with van der Waals surface area (Å²) < 4.78 is 4.86. The molecule has 0 fully saturated rings. The van der Waals surface area contributed by atoms with Crippen LogP contribution >= 0.6 is 11.6 Å². The summed E-state index contributed by atoms with van der Waals surface area (Å²) in [7, 11) is 0. The van der Waals surface area contributed by atoms with Crippen molar-refractivity contribution in [2.24, 2.45) is 0 Å². The van der Waals surface area contributed by atoms with Crippen LogP contribution in [0.4, 0.5) is 0 Å². The smallest absolute Gasteiger partial charge is 0.172 e. The number of hydrogen-bond donors (Lipinski definition) is 0. The van der Waals surface area contributed by atoms with Gasteiger partial charge in [-0.25, -0.2) is 0 Å². The first-order chi connectivity index (χ1) is 5.81. The molecule has 4 heteroatoms. The Hall–Kier alpha value is -1.35. The number of nitrogens with zero attached hydrogens (tertiary/aromatic N) is 1. The molecule has 0 saturated carbocycles. The highest BCUT2D eigenvalue weighted by atomic mass is 35.5. The molecule has 2 rings (SSSR count). The Labute approximate surface area is 72.9 Å². The van der Waals surface area contributed by atoms with Gasteiger partial charge in [-0.2, -0.15) is 0 Å². The summed E-state index contributed by atoms with van der Waals surface area (Å²) in [6.45, 7) is 0. The van der Waals surface area contributed by atoms with Crippen molar-refractivity contribution in [3.05, 3.63) is 28.9 Å². The largest absolute Gasteiger partial charge is 0.356 e. The van der Waals surface area contributed by atoms with Gasteiger partial charge in [-0.1, -0.05) is 16.8 Å². The number of fused-ring (bicyclic) bond motifs is 1. The fraction of sp³-hybridized carbons (Fsp3) is 0. The molecule has 1 aromatic carbocycles. The summed E-state index contributed by atoms with van der Waals surface area (Å²) in [5.41, 5.74) is 0.856. The minimum Gasteiger partial charge on any atom is -0.356 e. The molecule has 0 radical (unpaired) electrons. The van der Waals surface area contributed by atoms with E-state index >= 15 is 0 Å². The fourth-order valence-electron chi connectivity index (χ4n) is 1.01. The summed E-state index contributed by atoms with van der Waals surface area (Å²) >= 11 is 5.72. The molecule has 0 N–H and O–H groups in total. The van der Waals surface area contributed by atoms with Gasteiger partial charge in [-0.3, -0.25) is 4.79 Å². The van der Waals surface area contributed by atoms with Gasteiger partial charge in [-0.05, 0) is 18.2 Å². The molecule has 60 valence electrons. The van der Waals surface area contributed by atoms with E-state index in [4.69, 9.17) is 16.1 Å². The lowest BCUT2D eigenvalue weighted by atomic mass is 10.2. The first-order valence-corrected chi connectivity index (χ1v) is 3.69. The Morgan fingerprint density at radius 2 is 2.33 bits per heavy atom. The van der Waals surface area contributed by atoms with Crippen molar-refractivity contribution < 1.29 is 9.32 Å². The maximum atomic E-state index is 10.4. The molecule has 1 aromatic heterocycles. The second kappa shape index (κ2) is 2.60. The highest BCUT2D eigenvalue weighted by Gasteiger charge is 2.06. The second-order valence-electron chi connectivity index (χ2n) is 2.33. The zero-order valence-corrected chi connectivity index (χ0v) is 6.71. The summed E-state index contributed by atoms with van der Waals surface area (Å²) in [4.78, 5) is 10.4. The molecule has 1 heterocycles. The zero-order valence-electron chi connectivity index (χ0n) is 5.95. The number of aldehydes is 1. The third-order valence-electron chi connectivity index (χ3n) is 1.57. The topological polar surface area (TPSA) is 43.1 Å². The van der Waals surface area contributed by atoms with Crippen molar-refractivity contribution in [1.29, 1.82) is 0 Å². The van der Waals surface area contributed by atoms with Crippen molar-refractivity contribution in [2.45, 2.75) is 0 Å². The highest BCUT2D eigenvalue weighted by molar-refractivity contribution is 6.31. The molecule has 0 atom stereocenters. The van der Waals surface area contributed by atoms with Crippen LogP contribution in [0.15, 0.2) is 22.7 Å². The predicted octanol–water partition coefficient (Wildman–Crippen LogP) is 2.29. The van der Waals surface area contributed by atoms with E-state index in [0.717, 1.165) is 0 Å². The highest BCUT2D eigenvalue weighted by Crippen LogP contribution is 2.21. The van der Waals surface area contributed by atoms with Crippen LogP contribution in [0.2, 0.25) is 5.02 Å². The van der Waals surface area contributed by atoms with Crippen LogP contribution in [0.25, 0.3) is 11.0 Å². The molecular formula is C8H4ClNO2. The Balaban J connectivity index is 2.83. The molecule has 0 saturated heterocycles. The SMILES string of the molecule is O=Cc1noc2ccc(Cl)cc12. The molecule has 0 aliphatic carbocycles. The van der Waals surface area contributed by atoms with E-state index in [1.165, 1.54) is 0 Å². The third kappa shape index (κ3) is 0.987. The predicted molar refractivity (Wildman–Crippen MR) is 44.4 cm³/mol. The summed E-state index contributed by atoms with van der Waals surface area (Å²) in [5.74, 6) is 0. The van der Waals surface area contributed by atoms with Gasteiger partial charge in [0.2, 0.25) is 0 Å². The van der Waals surface area contributed by atoms with E-state index in [1.54, 1.807) is 18.2 Å². The summed E-state index contributed by atoms with van der Waals surface area (Å²) in [5, 5.41) is 4.77. The summed E-state index contributed by atoms with van der Waals surface area (Å²) in [6.07, 6.45) is 0.641. The van der Waals surface area contributed by atoms with E-state index in [0.29, 0.717) is 22.3 Å². The maximum absolute atomic E-state index is 10.4. The van der Waals surface area contributed by atoms with Gasteiger partial charge >= 0.3 is 0 Å². The average molecular weight is 182 g/mol. The van der Waals surface area contributed by atoms with Crippen LogP contribution in [0, 0.1) is 0 Å². The lowest BCUT2D eigenvalue weighted by Gasteiger charge is -1.87. The lowest BCUT2D eigenvalue weighted by Crippen LogP contribution is -1.77. The maximum Gasteiger partial charge on any atom is 0.172 e. The molecule has 0 aliphatic rings. The Morgan fingerprint density at radius 1 is 1.50 bits per heavy atom. The van der Waals surface area contributed by atoms with Gasteiger partial charge in [0.15, 0.2) is 17.6 Å². The molecule has 0 bridgehead atoms. The van der Waals surface area contributed by atoms with Crippen molar-refractivity contribution in [3.63, 3.8) is 0 Å². The molecule has 0 unspecified atom stereocenters. The van der Waals surface area contributed by atoms with Crippen LogP contribution in [-0.2, 0) is 0 Å². The zero-order chi connectivity index (χ0) is 8.55. The molecule has 0 aliphatic heterocycles. The number of rotatable bonds is 1. The van der Waals surface area contributed by atoms with Crippen LogP contribution < -0.4 is 0 Å². The van der Waals surface area contributed by atoms with Crippen molar-refractivity contribution in [1.82, 2.24) is 5.16 Å². The second-order valence-corrected chi connectivity index (χ2v) is 2.76. The number of aromatic nitrogens is 1. The minimum absolute atomic E-state index is 0.285. The molecule has 12 heavy (non-hydrogen) atoms. The van der Waals surface area contributed by atoms with E-state index in [-0.39, 0.29) is 5.69 Å². The lowest BCUT2D eigenvalue weighted by molar-refractivity contribution is 0.111. The first kappa shape index (κ1) is 7.31. The Kier molecular flexibility index (Phi) is 1.59. The summed E-state index contributed by atoms with van der Waals surface area (Å²) in [6, 6.07) is 5.01. The van der Waals surface area contributed by atoms with Gasteiger partial charge in [0.25, 0.3) is 0 Å². The van der Waals surface area contributed by atoms with Crippen molar-refractivity contribution in [3.8, 4) is 0 Å².